The highest BCUT2D eigenvalue weighted by molar-refractivity contribution is 9.10. The number of para-hydroxylation sites is 2. The number of carbonyl (C=O) groups is 1. The molecular weight excluding hydrogens is 410 g/mol. The SMILES string of the molecule is O=C(Nc1ccccc1Br)c1cc(-c2cccs2)nn1-c1ccccc1. The molecule has 0 saturated carbocycles. The highest BCUT2D eigenvalue weighted by Crippen LogP contribution is 2.27. The van der Waals surface area contributed by atoms with E-state index >= 15 is 0 Å². The van der Waals surface area contributed by atoms with Crippen LogP contribution in [0.2, 0.25) is 0 Å². The average molecular weight is 424 g/mol. The summed E-state index contributed by atoms with van der Waals surface area (Å²) in [6, 6.07) is 23.0. The second-order valence-corrected chi connectivity index (χ2v) is 7.38. The Kier molecular flexibility index (Phi) is 4.69. The van der Waals surface area contributed by atoms with Gasteiger partial charge in [0.05, 0.1) is 16.3 Å². The molecule has 0 atom stereocenters. The predicted molar refractivity (Wildman–Crippen MR) is 109 cm³/mol. The highest BCUT2D eigenvalue weighted by atomic mass is 79.9. The number of benzene rings is 2. The number of nitrogens with zero attached hydrogens (tertiary/aromatic N) is 2. The van der Waals surface area contributed by atoms with Gasteiger partial charge in [0, 0.05) is 4.47 Å². The molecule has 0 saturated heterocycles. The van der Waals surface area contributed by atoms with E-state index in [4.69, 9.17) is 0 Å². The number of thiophene rings is 1. The van der Waals surface area contributed by atoms with E-state index in [1.807, 2.05) is 78.2 Å². The van der Waals surface area contributed by atoms with Crippen molar-refractivity contribution < 1.29 is 4.79 Å². The van der Waals surface area contributed by atoms with Crippen molar-refractivity contribution in [3.63, 3.8) is 0 Å². The van der Waals surface area contributed by atoms with Gasteiger partial charge >= 0.3 is 0 Å². The first kappa shape index (κ1) is 16.8. The molecule has 1 N–H and O–H groups in total. The molecule has 0 spiro atoms. The number of carbonyl (C=O) groups excluding carboxylic acids is 1. The van der Waals surface area contributed by atoms with E-state index in [-0.39, 0.29) is 5.91 Å². The lowest BCUT2D eigenvalue weighted by atomic mass is 10.2. The number of hydrogen-bond acceptors (Lipinski definition) is 3. The van der Waals surface area contributed by atoms with E-state index in [0.717, 1.165) is 26.4 Å². The first-order valence-corrected chi connectivity index (χ1v) is 9.65. The fourth-order valence-corrected chi connectivity index (χ4v) is 3.67. The van der Waals surface area contributed by atoms with Gasteiger partial charge in [-0.3, -0.25) is 4.79 Å². The van der Waals surface area contributed by atoms with Crippen molar-refractivity contribution in [3.8, 4) is 16.3 Å². The van der Waals surface area contributed by atoms with Gasteiger partial charge < -0.3 is 5.32 Å². The molecule has 0 aliphatic rings. The zero-order chi connectivity index (χ0) is 17.9. The summed E-state index contributed by atoms with van der Waals surface area (Å²) < 4.78 is 2.51. The van der Waals surface area contributed by atoms with Gasteiger partial charge in [-0.25, -0.2) is 4.68 Å². The van der Waals surface area contributed by atoms with Gasteiger partial charge in [0.25, 0.3) is 5.91 Å². The van der Waals surface area contributed by atoms with Crippen LogP contribution in [0.5, 0.6) is 0 Å². The molecule has 0 bridgehead atoms. The van der Waals surface area contributed by atoms with E-state index < -0.39 is 0 Å². The number of nitrogens with one attached hydrogen (secondary N) is 1. The molecule has 0 unspecified atom stereocenters. The van der Waals surface area contributed by atoms with E-state index in [2.05, 4.69) is 26.3 Å². The molecule has 26 heavy (non-hydrogen) atoms. The molecule has 0 radical (unpaired) electrons. The Morgan fingerprint density at radius 2 is 1.77 bits per heavy atom. The third-order valence-corrected chi connectivity index (χ3v) is 5.42. The summed E-state index contributed by atoms with van der Waals surface area (Å²) in [4.78, 5) is 14.0. The van der Waals surface area contributed by atoms with Crippen LogP contribution >= 0.6 is 27.3 Å². The second kappa shape index (κ2) is 7.27. The van der Waals surface area contributed by atoms with Gasteiger partial charge in [0.15, 0.2) is 0 Å². The number of halogens is 1. The van der Waals surface area contributed by atoms with Crippen LogP contribution in [0.4, 0.5) is 5.69 Å². The summed E-state index contributed by atoms with van der Waals surface area (Å²) in [5.41, 5.74) is 2.82. The van der Waals surface area contributed by atoms with Gasteiger partial charge in [-0.15, -0.1) is 11.3 Å². The molecule has 2 aromatic carbocycles. The third-order valence-electron chi connectivity index (χ3n) is 3.84. The topological polar surface area (TPSA) is 46.9 Å². The Bertz CT molecular complexity index is 1040. The lowest BCUT2D eigenvalue weighted by Crippen LogP contribution is -2.17. The van der Waals surface area contributed by atoms with Crippen LogP contribution in [-0.2, 0) is 0 Å². The van der Waals surface area contributed by atoms with Gasteiger partial charge in [-0.05, 0) is 57.7 Å². The van der Waals surface area contributed by atoms with Crippen LogP contribution in [0, 0.1) is 0 Å². The first-order valence-electron chi connectivity index (χ1n) is 7.97. The Morgan fingerprint density at radius 3 is 2.50 bits per heavy atom. The van der Waals surface area contributed by atoms with Crippen LogP contribution in [0.1, 0.15) is 10.5 Å². The highest BCUT2D eigenvalue weighted by Gasteiger charge is 2.18. The molecule has 2 aromatic heterocycles. The maximum atomic E-state index is 13.0. The number of hydrogen-bond donors (Lipinski definition) is 1. The third kappa shape index (κ3) is 3.34. The van der Waals surface area contributed by atoms with E-state index in [1.165, 1.54) is 0 Å². The largest absolute Gasteiger partial charge is 0.320 e. The molecule has 6 heteroatoms. The fraction of sp³-hybridized carbons (Fsp3) is 0. The van der Waals surface area contributed by atoms with Gasteiger partial charge in [0.1, 0.15) is 11.4 Å². The van der Waals surface area contributed by atoms with Crippen LogP contribution in [0.15, 0.2) is 82.6 Å². The summed E-state index contributed by atoms with van der Waals surface area (Å²) >= 11 is 5.06. The van der Waals surface area contributed by atoms with E-state index in [9.17, 15) is 4.79 Å². The molecule has 2 heterocycles. The number of amides is 1. The molecule has 4 rings (SSSR count). The zero-order valence-electron chi connectivity index (χ0n) is 13.6. The van der Waals surface area contributed by atoms with Crippen molar-refractivity contribution in [1.82, 2.24) is 9.78 Å². The van der Waals surface area contributed by atoms with Crippen molar-refractivity contribution in [3.05, 3.63) is 88.3 Å². The maximum absolute atomic E-state index is 13.0. The maximum Gasteiger partial charge on any atom is 0.274 e. The molecule has 128 valence electrons. The van der Waals surface area contributed by atoms with Crippen molar-refractivity contribution in [2.24, 2.45) is 0 Å². The van der Waals surface area contributed by atoms with Crippen LogP contribution in [-0.4, -0.2) is 15.7 Å². The zero-order valence-corrected chi connectivity index (χ0v) is 16.0. The molecular formula is C20H14BrN3OS. The Labute approximate surface area is 163 Å². The monoisotopic (exact) mass is 423 g/mol. The lowest BCUT2D eigenvalue weighted by Gasteiger charge is -2.09. The van der Waals surface area contributed by atoms with E-state index in [0.29, 0.717) is 5.69 Å². The summed E-state index contributed by atoms with van der Waals surface area (Å²) in [5, 5.41) is 9.61. The second-order valence-electron chi connectivity index (χ2n) is 5.57. The Hall–Kier alpha value is -2.70. The van der Waals surface area contributed by atoms with Crippen molar-refractivity contribution >= 4 is 38.9 Å². The number of anilines is 1. The minimum absolute atomic E-state index is 0.212. The lowest BCUT2D eigenvalue weighted by molar-refractivity contribution is 0.101. The summed E-state index contributed by atoms with van der Waals surface area (Å²) in [6.07, 6.45) is 0. The smallest absolute Gasteiger partial charge is 0.274 e. The van der Waals surface area contributed by atoms with Gasteiger partial charge in [-0.2, -0.15) is 5.10 Å². The molecule has 4 nitrogen and oxygen atoms in total. The summed E-state index contributed by atoms with van der Waals surface area (Å²) in [6.45, 7) is 0. The number of aromatic nitrogens is 2. The molecule has 0 aliphatic heterocycles. The van der Waals surface area contributed by atoms with Crippen LogP contribution in [0.3, 0.4) is 0 Å². The van der Waals surface area contributed by atoms with Gasteiger partial charge in [-0.1, -0.05) is 36.4 Å². The Balaban J connectivity index is 1.76. The van der Waals surface area contributed by atoms with E-state index in [1.54, 1.807) is 16.0 Å². The quantitative estimate of drug-likeness (QED) is 0.463. The van der Waals surface area contributed by atoms with Crippen molar-refractivity contribution in [2.45, 2.75) is 0 Å². The fourth-order valence-electron chi connectivity index (χ4n) is 2.60. The van der Waals surface area contributed by atoms with Crippen molar-refractivity contribution in [1.29, 1.82) is 0 Å². The number of rotatable bonds is 4. The average Bonchev–Trinajstić information content (AvgIpc) is 3.34. The summed E-state index contributed by atoms with van der Waals surface area (Å²) in [7, 11) is 0. The standard InChI is InChI=1S/C20H14BrN3OS/c21-15-9-4-5-10-16(15)22-20(25)18-13-17(19-11-6-12-26-19)23-24(18)14-7-2-1-3-8-14/h1-13H,(H,22,25). The first-order chi connectivity index (χ1) is 12.7. The van der Waals surface area contributed by atoms with Crippen LogP contribution in [0.25, 0.3) is 16.3 Å². The predicted octanol–water partition coefficient (Wildman–Crippen LogP) is 5.62. The normalized spacial score (nSPS) is 10.7. The Morgan fingerprint density at radius 1 is 1.00 bits per heavy atom. The van der Waals surface area contributed by atoms with Crippen molar-refractivity contribution in [2.75, 3.05) is 5.32 Å². The minimum atomic E-state index is -0.212. The molecule has 1 amide bonds. The molecule has 0 fully saturated rings. The van der Waals surface area contributed by atoms with Gasteiger partial charge in [0.2, 0.25) is 0 Å². The van der Waals surface area contributed by atoms with Crippen LogP contribution < -0.4 is 5.32 Å². The minimum Gasteiger partial charge on any atom is -0.320 e. The molecule has 4 aromatic rings. The summed E-state index contributed by atoms with van der Waals surface area (Å²) in [5.74, 6) is -0.212. The molecule has 0 aliphatic carbocycles.